The van der Waals surface area contributed by atoms with Crippen LogP contribution in [0.15, 0.2) is 12.2 Å². The summed E-state index contributed by atoms with van der Waals surface area (Å²) in [5.41, 5.74) is 0. The highest BCUT2D eigenvalue weighted by molar-refractivity contribution is 5.76. The van der Waals surface area contributed by atoms with Crippen LogP contribution in [0.4, 0.5) is 0 Å². The van der Waals surface area contributed by atoms with Gasteiger partial charge in [0.05, 0.1) is 18.8 Å². The Morgan fingerprint density at radius 2 is 0.569 bits per heavy atom. The summed E-state index contributed by atoms with van der Waals surface area (Å²) in [5.74, 6) is -0.0546. The number of amides is 1. The molecule has 0 fully saturated rings. The molecule has 0 aromatic carbocycles. The van der Waals surface area contributed by atoms with Gasteiger partial charge in [0, 0.05) is 6.42 Å². The molecule has 0 aromatic rings. The van der Waals surface area contributed by atoms with Crippen molar-refractivity contribution in [3.8, 4) is 0 Å². The molecule has 0 saturated carbocycles. The number of unbranched alkanes of at least 4 members (excludes halogenated alkanes) is 50. The lowest BCUT2D eigenvalue weighted by molar-refractivity contribution is -0.123. The zero-order valence-electron chi connectivity index (χ0n) is 44.8. The number of aliphatic hydroxyl groups is 2. The number of carbonyl (C=O) groups excluding carboxylic acids is 1. The maximum absolute atomic E-state index is 12.5. The molecule has 1 amide bonds. The van der Waals surface area contributed by atoms with Crippen LogP contribution in [0.5, 0.6) is 0 Å². The Morgan fingerprint density at radius 3 is 0.800 bits per heavy atom. The molecule has 0 aliphatic heterocycles. The van der Waals surface area contributed by atoms with Crippen LogP contribution in [0.3, 0.4) is 0 Å². The molecule has 388 valence electrons. The average molecular weight is 917 g/mol. The van der Waals surface area contributed by atoms with Gasteiger partial charge in [0.25, 0.3) is 0 Å². The van der Waals surface area contributed by atoms with E-state index in [1.807, 2.05) is 6.08 Å². The van der Waals surface area contributed by atoms with Crippen LogP contribution >= 0.6 is 0 Å². The maximum atomic E-state index is 12.5. The minimum atomic E-state index is -0.836. The van der Waals surface area contributed by atoms with E-state index in [1.54, 1.807) is 6.08 Å². The largest absolute Gasteiger partial charge is 0.394 e. The summed E-state index contributed by atoms with van der Waals surface area (Å²) in [7, 11) is 0. The Bertz CT molecular complexity index is 905. The fourth-order valence-electron chi connectivity index (χ4n) is 9.89. The lowest BCUT2D eigenvalue weighted by Gasteiger charge is -2.20. The van der Waals surface area contributed by atoms with Crippen molar-refractivity contribution in [3.63, 3.8) is 0 Å². The number of carbonyl (C=O) groups is 1. The lowest BCUT2D eigenvalue weighted by Crippen LogP contribution is -2.45. The van der Waals surface area contributed by atoms with E-state index in [2.05, 4.69) is 19.2 Å². The number of nitrogens with one attached hydrogen (secondary N) is 1. The van der Waals surface area contributed by atoms with Crippen molar-refractivity contribution in [2.75, 3.05) is 6.61 Å². The molecular formula is C61H121NO3. The van der Waals surface area contributed by atoms with E-state index in [1.165, 1.54) is 308 Å². The molecule has 0 heterocycles. The predicted octanol–water partition coefficient (Wildman–Crippen LogP) is 20.1. The third kappa shape index (κ3) is 53.9. The monoisotopic (exact) mass is 916 g/mol. The quantitative estimate of drug-likeness (QED) is 0.0421. The highest BCUT2D eigenvalue weighted by Gasteiger charge is 2.18. The molecule has 4 nitrogen and oxygen atoms in total. The zero-order valence-corrected chi connectivity index (χ0v) is 44.8. The lowest BCUT2D eigenvalue weighted by atomic mass is 10.0. The van der Waals surface area contributed by atoms with E-state index >= 15 is 0 Å². The Kier molecular flexibility index (Phi) is 56.7. The molecule has 3 N–H and O–H groups in total. The number of hydrogen-bond donors (Lipinski definition) is 3. The van der Waals surface area contributed by atoms with Crippen LogP contribution in [0.1, 0.15) is 354 Å². The van der Waals surface area contributed by atoms with E-state index in [-0.39, 0.29) is 12.5 Å². The van der Waals surface area contributed by atoms with Crippen molar-refractivity contribution in [3.05, 3.63) is 12.2 Å². The van der Waals surface area contributed by atoms with E-state index in [9.17, 15) is 15.0 Å². The standard InChI is InChI=1S/C61H121NO3/c1-3-5-7-9-11-13-15-17-19-21-23-25-27-28-29-30-31-32-33-34-35-37-39-41-43-45-47-49-51-53-55-57-61(65)62-59(58-63)60(64)56-54-52-50-48-46-44-42-40-38-36-26-24-22-20-18-16-14-12-10-8-6-4-2/h54,56,59-60,63-64H,3-53,55,57-58H2,1-2H3,(H,62,65)/b56-54+. The minimum Gasteiger partial charge on any atom is -0.394 e. The first-order valence-electron chi connectivity index (χ1n) is 30.4. The molecular weight excluding hydrogens is 795 g/mol. The van der Waals surface area contributed by atoms with Gasteiger partial charge in [-0.25, -0.2) is 0 Å². The molecule has 0 spiro atoms. The fourth-order valence-corrected chi connectivity index (χ4v) is 9.89. The molecule has 65 heavy (non-hydrogen) atoms. The minimum absolute atomic E-state index is 0.0546. The summed E-state index contributed by atoms with van der Waals surface area (Å²) in [6.45, 7) is 4.36. The maximum Gasteiger partial charge on any atom is 0.220 e. The van der Waals surface area contributed by atoms with Gasteiger partial charge in [-0.15, -0.1) is 0 Å². The van der Waals surface area contributed by atoms with Gasteiger partial charge in [0.2, 0.25) is 5.91 Å². The number of rotatable bonds is 57. The predicted molar refractivity (Wildman–Crippen MR) is 290 cm³/mol. The van der Waals surface area contributed by atoms with Crippen LogP contribution < -0.4 is 5.32 Å². The van der Waals surface area contributed by atoms with Gasteiger partial charge in [-0.3, -0.25) is 4.79 Å². The van der Waals surface area contributed by atoms with Gasteiger partial charge in [0.15, 0.2) is 0 Å². The molecule has 0 aromatic heterocycles. The molecule has 0 aliphatic rings. The molecule has 0 saturated heterocycles. The SMILES string of the molecule is CCCCCCCCCCCCCCCCCCCCCC/C=C/C(O)C(CO)NC(=O)CCCCCCCCCCCCCCCCCCCCCCCCCCCCCCCCC. The normalized spacial score (nSPS) is 12.7. The van der Waals surface area contributed by atoms with E-state index in [0.29, 0.717) is 6.42 Å². The van der Waals surface area contributed by atoms with Crippen molar-refractivity contribution in [1.82, 2.24) is 5.32 Å². The van der Waals surface area contributed by atoms with Crippen LogP contribution in [0.2, 0.25) is 0 Å². The number of hydrogen-bond acceptors (Lipinski definition) is 3. The van der Waals surface area contributed by atoms with Crippen LogP contribution in [-0.4, -0.2) is 34.9 Å². The number of aliphatic hydroxyl groups excluding tert-OH is 2. The molecule has 4 heteroatoms. The van der Waals surface area contributed by atoms with E-state index in [0.717, 1.165) is 25.7 Å². The third-order valence-corrected chi connectivity index (χ3v) is 14.5. The van der Waals surface area contributed by atoms with E-state index in [4.69, 9.17) is 0 Å². The second kappa shape index (κ2) is 57.4. The highest BCUT2D eigenvalue weighted by Crippen LogP contribution is 2.19. The summed E-state index contributed by atoms with van der Waals surface area (Å²) in [5, 5.41) is 23.2. The Labute approximate surface area is 409 Å². The van der Waals surface area contributed by atoms with Gasteiger partial charge in [-0.05, 0) is 19.3 Å². The summed E-state index contributed by atoms with van der Waals surface area (Å²) >= 11 is 0. The average Bonchev–Trinajstić information content (AvgIpc) is 3.31. The van der Waals surface area contributed by atoms with E-state index < -0.39 is 12.1 Å². The Morgan fingerprint density at radius 1 is 0.354 bits per heavy atom. The molecule has 0 radical (unpaired) electrons. The van der Waals surface area contributed by atoms with Crippen molar-refractivity contribution < 1.29 is 15.0 Å². The van der Waals surface area contributed by atoms with Crippen molar-refractivity contribution in [1.29, 1.82) is 0 Å². The first kappa shape index (κ1) is 64.1. The molecule has 2 unspecified atom stereocenters. The van der Waals surface area contributed by atoms with Gasteiger partial charge in [-0.1, -0.05) is 341 Å². The van der Waals surface area contributed by atoms with Crippen molar-refractivity contribution in [2.45, 2.75) is 366 Å². The molecule has 0 bridgehead atoms. The second-order valence-corrected chi connectivity index (χ2v) is 21.1. The van der Waals surface area contributed by atoms with Crippen molar-refractivity contribution in [2.24, 2.45) is 0 Å². The van der Waals surface area contributed by atoms with Gasteiger partial charge in [0.1, 0.15) is 0 Å². The first-order valence-corrected chi connectivity index (χ1v) is 30.4. The smallest absolute Gasteiger partial charge is 0.220 e. The molecule has 0 rings (SSSR count). The van der Waals surface area contributed by atoms with Gasteiger partial charge >= 0.3 is 0 Å². The van der Waals surface area contributed by atoms with Crippen LogP contribution in [0, 0.1) is 0 Å². The summed E-state index contributed by atoms with van der Waals surface area (Å²) in [4.78, 5) is 12.5. The molecule has 2 atom stereocenters. The van der Waals surface area contributed by atoms with Gasteiger partial charge < -0.3 is 15.5 Å². The second-order valence-electron chi connectivity index (χ2n) is 21.1. The summed E-state index contributed by atoms with van der Waals surface area (Å²) in [6.07, 6.45) is 75.4. The number of allylic oxidation sites excluding steroid dienone is 1. The van der Waals surface area contributed by atoms with Gasteiger partial charge in [-0.2, -0.15) is 0 Å². The van der Waals surface area contributed by atoms with Crippen LogP contribution in [-0.2, 0) is 4.79 Å². The first-order chi connectivity index (χ1) is 32.2. The highest BCUT2D eigenvalue weighted by atomic mass is 16.3. The summed E-state index contributed by atoms with van der Waals surface area (Å²) in [6, 6.07) is -0.618. The Hall–Kier alpha value is -0.870. The molecule has 0 aliphatic carbocycles. The third-order valence-electron chi connectivity index (χ3n) is 14.5. The zero-order chi connectivity index (χ0) is 47.0. The van der Waals surface area contributed by atoms with Crippen molar-refractivity contribution >= 4 is 5.91 Å². The topological polar surface area (TPSA) is 69.6 Å². The summed E-state index contributed by atoms with van der Waals surface area (Å²) < 4.78 is 0. The fraction of sp³-hybridized carbons (Fsp3) is 0.951. The van der Waals surface area contributed by atoms with Crippen LogP contribution in [0.25, 0.3) is 0 Å². The Balaban J connectivity index is 3.41.